The number of hydrogen-bond donors (Lipinski definition) is 1. The van der Waals surface area contributed by atoms with E-state index in [1.807, 2.05) is 30.3 Å². The van der Waals surface area contributed by atoms with Crippen molar-refractivity contribution >= 4 is 11.7 Å². The van der Waals surface area contributed by atoms with Crippen LogP contribution in [0, 0.1) is 6.92 Å². The maximum absolute atomic E-state index is 12.3. The number of carbonyl (C=O) groups is 1. The third-order valence-corrected chi connectivity index (χ3v) is 2.87. The van der Waals surface area contributed by atoms with Crippen molar-refractivity contribution in [1.82, 2.24) is 15.1 Å². The van der Waals surface area contributed by atoms with Crippen molar-refractivity contribution in [2.45, 2.75) is 6.92 Å². The van der Waals surface area contributed by atoms with Gasteiger partial charge in [0.2, 0.25) is 0 Å². The molecule has 6 heteroatoms. The number of nitrogens with one attached hydrogen (secondary N) is 1. The van der Waals surface area contributed by atoms with Crippen LogP contribution in [0.2, 0.25) is 0 Å². The van der Waals surface area contributed by atoms with E-state index in [1.165, 1.54) is 12.5 Å². The molecule has 1 N–H and O–H groups in total. The third kappa shape index (κ3) is 2.79. The zero-order valence-electron chi connectivity index (χ0n) is 11.3. The molecule has 0 saturated carbocycles. The van der Waals surface area contributed by atoms with E-state index in [4.69, 9.17) is 4.52 Å². The summed E-state index contributed by atoms with van der Waals surface area (Å²) in [6.07, 6.45) is 2.90. The predicted octanol–water partition coefficient (Wildman–Crippen LogP) is 2.69. The first-order chi connectivity index (χ1) is 10.2. The molecule has 0 atom stereocenters. The molecule has 0 aliphatic heterocycles. The second-order valence-electron chi connectivity index (χ2n) is 4.43. The van der Waals surface area contributed by atoms with Gasteiger partial charge in [-0.3, -0.25) is 4.79 Å². The van der Waals surface area contributed by atoms with Crippen molar-refractivity contribution in [3.8, 4) is 11.3 Å². The van der Waals surface area contributed by atoms with E-state index in [-0.39, 0.29) is 5.91 Å². The van der Waals surface area contributed by atoms with Gasteiger partial charge in [0.1, 0.15) is 12.1 Å². The van der Waals surface area contributed by atoms with Gasteiger partial charge in [-0.05, 0) is 6.92 Å². The highest BCUT2D eigenvalue weighted by Gasteiger charge is 2.15. The number of anilines is 1. The van der Waals surface area contributed by atoms with Crippen molar-refractivity contribution in [1.29, 1.82) is 0 Å². The lowest BCUT2D eigenvalue weighted by Crippen LogP contribution is -2.14. The van der Waals surface area contributed by atoms with Crippen LogP contribution in [0.1, 0.15) is 16.1 Å². The van der Waals surface area contributed by atoms with Crippen molar-refractivity contribution in [2.24, 2.45) is 0 Å². The average Bonchev–Trinajstić information content (AvgIpc) is 2.93. The van der Waals surface area contributed by atoms with Crippen LogP contribution in [0.4, 0.5) is 5.82 Å². The second kappa shape index (κ2) is 5.54. The molecule has 6 nitrogen and oxygen atoms in total. The quantitative estimate of drug-likeness (QED) is 0.797. The minimum Gasteiger partial charge on any atom is -0.360 e. The van der Waals surface area contributed by atoms with E-state index in [2.05, 4.69) is 20.4 Å². The number of benzene rings is 1. The van der Waals surface area contributed by atoms with Crippen molar-refractivity contribution in [3.05, 3.63) is 60.2 Å². The number of aryl methyl sites for hydroxylation is 1. The molecule has 0 unspecified atom stereocenters. The Morgan fingerprint density at radius 1 is 1.24 bits per heavy atom. The standard InChI is InChI=1S/C15H12N4O2/c1-10-7-13(19-21-10)18-15(20)12-8-16-9-17-14(12)11-5-3-2-4-6-11/h2-9H,1H3,(H,18,19,20). The molecule has 0 aliphatic carbocycles. The van der Waals surface area contributed by atoms with Gasteiger partial charge in [-0.1, -0.05) is 35.5 Å². The van der Waals surface area contributed by atoms with Gasteiger partial charge in [0.05, 0.1) is 11.3 Å². The first-order valence-corrected chi connectivity index (χ1v) is 6.34. The average molecular weight is 280 g/mol. The highest BCUT2D eigenvalue weighted by Crippen LogP contribution is 2.21. The monoisotopic (exact) mass is 280 g/mol. The van der Waals surface area contributed by atoms with Gasteiger partial charge in [0, 0.05) is 17.8 Å². The van der Waals surface area contributed by atoms with E-state index < -0.39 is 0 Å². The van der Waals surface area contributed by atoms with Gasteiger partial charge in [0.15, 0.2) is 5.82 Å². The van der Waals surface area contributed by atoms with Crippen LogP contribution in [0.25, 0.3) is 11.3 Å². The molecule has 1 aromatic carbocycles. The maximum atomic E-state index is 12.3. The molecule has 0 saturated heterocycles. The molecule has 2 aromatic heterocycles. The SMILES string of the molecule is Cc1cc(NC(=O)c2cncnc2-c2ccccc2)no1. The van der Waals surface area contributed by atoms with Gasteiger partial charge >= 0.3 is 0 Å². The molecular formula is C15H12N4O2. The maximum Gasteiger partial charge on any atom is 0.260 e. The van der Waals surface area contributed by atoms with E-state index >= 15 is 0 Å². The summed E-state index contributed by atoms with van der Waals surface area (Å²) in [5.74, 6) is 0.654. The minimum absolute atomic E-state index is 0.331. The Balaban J connectivity index is 1.93. The van der Waals surface area contributed by atoms with Crippen molar-refractivity contribution in [3.63, 3.8) is 0 Å². The number of aromatic nitrogens is 3. The predicted molar refractivity (Wildman–Crippen MR) is 76.7 cm³/mol. The zero-order valence-corrected chi connectivity index (χ0v) is 11.3. The Hall–Kier alpha value is -3.02. The van der Waals surface area contributed by atoms with Crippen LogP contribution in [0.15, 0.2) is 53.4 Å². The highest BCUT2D eigenvalue weighted by molar-refractivity contribution is 6.07. The Morgan fingerprint density at radius 3 is 2.76 bits per heavy atom. The normalized spacial score (nSPS) is 10.3. The lowest BCUT2D eigenvalue weighted by atomic mass is 10.1. The highest BCUT2D eigenvalue weighted by atomic mass is 16.5. The summed E-state index contributed by atoms with van der Waals surface area (Å²) in [4.78, 5) is 20.5. The molecule has 3 rings (SSSR count). The Bertz CT molecular complexity index is 768. The van der Waals surface area contributed by atoms with Gasteiger partial charge in [0.25, 0.3) is 5.91 Å². The number of carbonyl (C=O) groups excluding carboxylic acids is 1. The Labute approximate surface area is 120 Å². The molecular weight excluding hydrogens is 268 g/mol. The second-order valence-corrected chi connectivity index (χ2v) is 4.43. The molecule has 1 amide bonds. The summed E-state index contributed by atoms with van der Waals surface area (Å²) in [6, 6.07) is 11.1. The van der Waals surface area contributed by atoms with Crippen LogP contribution < -0.4 is 5.32 Å². The summed E-state index contributed by atoms with van der Waals surface area (Å²) in [5.41, 5.74) is 1.80. The van der Waals surface area contributed by atoms with Crippen molar-refractivity contribution < 1.29 is 9.32 Å². The van der Waals surface area contributed by atoms with E-state index in [0.717, 1.165) is 5.56 Å². The third-order valence-electron chi connectivity index (χ3n) is 2.87. The van der Waals surface area contributed by atoms with Crippen LogP contribution >= 0.6 is 0 Å². The summed E-state index contributed by atoms with van der Waals surface area (Å²) >= 11 is 0. The number of amides is 1. The molecule has 21 heavy (non-hydrogen) atoms. The fourth-order valence-electron chi connectivity index (χ4n) is 1.93. The fraction of sp³-hybridized carbons (Fsp3) is 0.0667. The number of hydrogen-bond acceptors (Lipinski definition) is 5. The van der Waals surface area contributed by atoms with E-state index in [0.29, 0.717) is 22.8 Å². The van der Waals surface area contributed by atoms with Crippen molar-refractivity contribution in [2.75, 3.05) is 5.32 Å². The summed E-state index contributed by atoms with van der Waals surface area (Å²) in [5, 5.41) is 6.40. The van der Waals surface area contributed by atoms with Gasteiger partial charge in [-0.25, -0.2) is 9.97 Å². The molecule has 0 fully saturated rings. The van der Waals surface area contributed by atoms with Crippen LogP contribution in [0.3, 0.4) is 0 Å². The Morgan fingerprint density at radius 2 is 2.05 bits per heavy atom. The van der Waals surface area contributed by atoms with Gasteiger partial charge in [-0.2, -0.15) is 0 Å². The smallest absolute Gasteiger partial charge is 0.260 e. The molecule has 0 aliphatic rings. The first kappa shape index (κ1) is 13.0. The topological polar surface area (TPSA) is 80.9 Å². The molecule has 0 spiro atoms. The van der Waals surface area contributed by atoms with E-state index in [1.54, 1.807) is 13.0 Å². The van der Waals surface area contributed by atoms with Gasteiger partial charge < -0.3 is 9.84 Å². The molecule has 0 bridgehead atoms. The molecule has 0 radical (unpaired) electrons. The number of rotatable bonds is 3. The first-order valence-electron chi connectivity index (χ1n) is 6.34. The van der Waals surface area contributed by atoms with Crippen LogP contribution in [0.5, 0.6) is 0 Å². The lowest BCUT2D eigenvalue weighted by molar-refractivity contribution is 0.102. The molecule has 3 aromatic rings. The molecule has 104 valence electrons. The largest absolute Gasteiger partial charge is 0.360 e. The lowest BCUT2D eigenvalue weighted by Gasteiger charge is -2.07. The van der Waals surface area contributed by atoms with Crippen LogP contribution in [-0.2, 0) is 0 Å². The van der Waals surface area contributed by atoms with Gasteiger partial charge in [-0.15, -0.1) is 0 Å². The summed E-state index contributed by atoms with van der Waals surface area (Å²) in [7, 11) is 0. The summed E-state index contributed by atoms with van der Waals surface area (Å²) < 4.78 is 4.92. The summed E-state index contributed by atoms with van der Waals surface area (Å²) in [6.45, 7) is 1.75. The van der Waals surface area contributed by atoms with Crippen LogP contribution in [-0.4, -0.2) is 21.0 Å². The molecule has 2 heterocycles. The minimum atomic E-state index is -0.331. The fourth-order valence-corrected chi connectivity index (χ4v) is 1.93. The Kier molecular flexibility index (Phi) is 3.42. The number of nitrogens with zero attached hydrogens (tertiary/aromatic N) is 3. The van der Waals surface area contributed by atoms with E-state index in [9.17, 15) is 4.79 Å². The zero-order chi connectivity index (χ0) is 14.7.